The van der Waals surface area contributed by atoms with E-state index in [2.05, 4.69) is 30.3 Å². The fourth-order valence-corrected chi connectivity index (χ4v) is 3.06. The van der Waals surface area contributed by atoms with Gasteiger partial charge < -0.3 is 4.74 Å². The molecule has 1 heterocycles. The average Bonchev–Trinajstić information content (AvgIpc) is 2.68. The molecule has 0 spiro atoms. The number of esters is 1. The molecule has 0 saturated carbocycles. The van der Waals surface area contributed by atoms with Crippen LogP contribution in [0.25, 0.3) is 10.9 Å². The number of nitrogens with zero attached hydrogens (tertiary/aromatic N) is 1. The second kappa shape index (κ2) is 8.95. The molecule has 132 valence electrons. The van der Waals surface area contributed by atoms with Crippen LogP contribution in [0.2, 0.25) is 0 Å². The van der Waals surface area contributed by atoms with Gasteiger partial charge in [-0.05, 0) is 43.4 Å². The van der Waals surface area contributed by atoms with Gasteiger partial charge in [0.2, 0.25) is 0 Å². The van der Waals surface area contributed by atoms with Crippen LogP contribution < -0.4 is 0 Å². The van der Waals surface area contributed by atoms with Gasteiger partial charge in [0.05, 0.1) is 12.1 Å². The Morgan fingerprint density at radius 1 is 1.04 bits per heavy atom. The molecule has 3 aromatic rings. The lowest BCUT2D eigenvalue weighted by molar-refractivity contribution is -0.137. The molecule has 0 fully saturated rings. The Morgan fingerprint density at radius 2 is 1.81 bits per heavy atom. The van der Waals surface area contributed by atoms with Crippen LogP contribution in [0.4, 0.5) is 0 Å². The maximum atomic E-state index is 11.5. The maximum absolute atomic E-state index is 11.5. The summed E-state index contributed by atoms with van der Waals surface area (Å²) in [7, 11) is 0. The van der Waals surface area contributed by atoms with Crippen LogP contribution in [-0.2, 0) is 16.0 Å². The second-order valence-corrected chi connectivity index (χ2v) is 6.20. The van der Waals surface area contributed by atoms with Gasteiger partial charge in [-0.1, -0.05) is 60.7 Å². The van der Waals surface area contributed by atoms with Gasteiger partial charge in [0, 0.05) is 17.2 Å². The number of carbonyl (C=O) groups is 1. The van der Waals surface area contributed by atoms with Gasteiger partial charge in [0.1, 0.15) is 0 Å². The SMILES string of the molecule is CCOC(=O)/C=C/CC(Cc1ccc2ccccc2n1)c1ccccc1. The van der Waals surface area contributed by atoms with Crippen LogP contribution in [0.1, 0.15) is 30.5 Å². The number of rotatable bonds is 7. The summed E-state index contributed by atoms with van der Waals surface area (Å²) in [6, 6.07) is 22.7. The maximum Gasteiger partial charge on any atom is 0.330 e. The third-order valence-corrected chi connectivity index (χ3v) is 4.34. The standard InChI is InChI=1S/C23H23NO2/c1-2-26-23(25)14-8-12-20(18-9-4-3-5-10-18)17-21-16-15-19-11-6-7-13-22(19)24-21/h3-11,13-16,20H,2,12,17H2,1H3/b14-8+. The molecule has 0 N–H and O–H groups in total. The molecule has 2 aromatic carbocycles. The fraction of sp³-hybridized carbons (Fsp3) is 0.217. The number of para-hydroxylation sites is 1. The van der Waals surface area contributed by atoms with Crippen molar-refractivity contribution in [3.05, 3.63) is 90.1 Å². The Labute approximate surface area is 154 Å². The molecule has 0 saturated heterocycles. The van der Waals surface area contributed by atoms with E-state index in [1.54, 1.807) is 0 Å². The lowest BCUT2D eigenvalue weighted by Gasteiger charge is -2.15. The smallest absolute Gasteiger partial charge is 0.330 e. The first kappa shape index (κ1) is 17.9. The number of carbonyl (C=O) groups excluding carboxylic acids is 1. The predicted molar refractivity (Wildman–Crippen MR) is 105 cm³/mol. The third kappa shape index (κ3) is 4.79. The number of pyridine rings is 1. The van der Waals surface area contributed by atoms with Gasteiger partial charge in [0.25, 0.3) is 0 Å². The van der Waals surface area contributed by atoms with Gasteiger partial charge in [-0.25, -0.2) is 4.79 Å². The molecule has 0 amide bonds. The van der Waals surface area contributed by atoms with E-state index in [0.29, 0.717) is 6.61 Å². The summed E-state index contributed by atoms with van der Waals surface area (Å²) in [4.78, 5) is 16.3. The van der Waals surface area contributed by atoms with E-state index in [0.717, 1.165) is 29.4 Å². The van der Waals surface area contributed by atoms with Crippen molar-refractivity contribution in [3.63, 3.8) is 0 Å². The minimum Gasteiger partial charge on any atom is -0.463 e. The highest BCUT2D eigenvalue weighted by molar-refractivity contribution is 5.81. The van der Waals surface area contributed by atoms with Gasteiger partial charge in [-0.15, -0.1) is 0 Å². The van der Waals surface area contributed by atoms with Crippen molar-refractivity contribution in [2.24, 2.45) is 0 Å². The van der Waals surface area contributed by atoms with Crippen molar-refractivity contribution in [1.82, 2.24) is 4.98 Å². The molecule has 0 aliphatic rings. The highest BCUT2D eigenvalue weighted by atomic mass is 16.5. The summed E-state index contributed by atoms with van der Waals surface area (Å²) in [5.74, 6) is -0.0290. The molecular formula is C23H23NO2. The van der Waals surface area contributed by atoms with Crippen molar-refractivity contribution in [3.8, 4) is 0 Å². The molecule has 3 nitrogen and oxygen atoms in total. The van der Waals surface area contributed by atoms with Crippen molar-refractivity contribution in [2.75, 3.05) is 6.61 Å². The number of fused-ring (bicyclic) bond motifs is 1. The van der Waals surface area contributed by atoms with Crippen LogP contribution in [0.15, 0.2) is 78.9 Å². The molecule has 0 bridgehead atoms. The number of ether oxygens (including phenoxy) is 1. The quantitative estimate of drug-likeness (QED) is 0.443. The number of hydrogen-bond donors (Lipinski definition) is 0. The summed E-state index contributed by atoms with van der Waals surface area (Å²) in [6.07, 6.45) is 5.00. The summed E-state index contributed by atoms with van der Waals surface area (Å²) < 4.78 is 4.96. The normalized spacial score (nSPS) is 12.3. The van der Waals surface area contributed by atoms with Gasteiger partial charge in [-0.3, -0.25) is 4.98 Å². The number of benzene rings is 2. The zero-order valence-electron chi connectivity index (χ0n) is 15.0. The van der Waals surface area contributed by atoms with Crippen molar-refractivity contribution < 1.29 is 9.53 Å². The fourth-order valence-electron chi connectivity index (χ4n) is 3.06. The zero-order chi connectivity index (χ0) is 18.2. The van der Waals surface area contributed by atoms with Crippen LogP contribution >= 0.6 is 0 Å². The van der Waals surface area contributed by atoms with Crippen molar-refractivity contribution >= 4 is 16.9 Å². The highest BCUT2D eigenvalue weighted by Crippen LogP contribution is 2.25. The molecule has 0 aliphatic carbocycles. The first-order valence-corrected chi connectivity index (χ1v) is 8.99. The minimum atomic E-state index is -0.289. The van der Waals surface area contributed by atoms with Crippen LogP contribution in [0, 0.1) is 0 Å². The van der Waals surface area contributed by atoms with E-state index >= 15 is 0 Å². The number of hydrogen-bond acceptors (Lipinski definition) is 3. The predicted octanol–water partition coefficient (Wildman–Crippen LogP) is 5.07. The zero-order valence-corrected chi connectivity index (χ0v) is 15.0. The summed E-state index contributed by atoms with van der Waals surface area (Å²) in [5, 5.41) is 1.15. The third-order valence-electron chi connectivity index (χ3n) is 4.34. The van der Waals surface area contributed by atoms with E-state index in [9.17, 15) is 4.79 Å². The molecule has 1 atom stereocenters. The summed E-state index contributed by atoms with van der Waals surface area (Å²) in [5.41, 5.74) is 3.32. The van der Waals surface area contributed by atoms with E-state index in [-0.39, 0.29) is 11.9 Å². The molecule has 26 heavy (non-hydrogen) atoms. The largest absolute Gasteiger partial charge is 0.463 e. The molecule has 3 rings (SSSR count). The molecular weight excluding hydrogens is 322 g/mol. The molecule has 1 unspecified atom stereocenters. The lowest BCUT2D eigenvalue weighted by atomic mass is 9.90. The van der Waals surface area contributed by atoms with Gasteiger partial charge >= 0.3 is 5.97 Å². The van der Waals surface area contributed by atoms with Crippen LogP contribution in [0.5, 0.6) is 0 Å². The molecule has 0 aliphatic heterocycles. The summed E-state index contributed by atoms with van der Waals surface area (Å²) in [6.45, 7) is 2.20. The average molecular weight is 345 g/mol. The monoisotopic (exact) mass is 345 g/mol. The first-order chi connectivity index (χ1) is 12.8. The van der Waals surface area contributed by atoms with E-state index < -0.39 is 0 Å². The number of aromatic nitrogens is 1. The van der Waals surface area contributed by atoms with E-state index in [1.807, 2.05) is 49.4 Å². The minimum absolute atomic E-state index is 0.260. The number of allylic oxidation sites excluding steroid dienone is 1. The highest BCUT2D eigenvalue weighted by Gasteiger charge is 2.12. The Hall–Kier alpha value is -2.94. The van der Waals surface area contributed by atoms with Crippen LogP contribution in [0.3, 0.4) is 0 Å². The molecule has 3 heteroatoms. The Balaban J connectivity index is 1.79. The van der Waals surface area contributed by atoms with E-state index in [4.69, 9.17) is 9.72 Å². The lowest BCUT2D eigenvalue weighted by Crippen LogP contribution is -2.05. The van der Waals surface area contributed by atoms with Gasteiger partial charge in [-0.2, -0.15) is 0 Å². The molecule has 0 radical (unpaired) electrons. The second-order valence-electron chi connectivity index (χ2n) is 6.20. The van der Waals surface area contributed by atoms with Crippen molar-refractivity contribution in [2.45, 2.75) is 25.7 Å². The van der Waals surface area contributed by atoms with E-state index in [1.165, 1.54) is 11.6 Å². The Morgan fingerprint density at radius 3 is 2.62 bits per heavy atom. The van der Waals surface area contributed by atoms with Gasteiger partial charge in [0.15, 0.2) is 0 Å². The summed E-state index contributed by atoms with van der Waals surface area (Å²) >= 11 is 0. The Kier molecular flexibility index (Phi) is 6.15. The topological polar surface area (TPSA) is 39.2 Å². The van der Waals surface area contributed by atoms with Crippen LogP contribution in [-0.4, -0.2) is 17.6 Å². The first-order valence-electron chi connectivity index (χ1n) is 8.99. The Bertz CT molecular complexity index is 887. The van der Waals surface area contributed by atoms with Crippen molar-refractivity contribution in [1.29, 1.82) is 0 Å². The molecule has 1 aromatic heterocycles.